The second-order valence-electron chi connectivity index (χ2n) is 6.94. The zero-order valence-electron chi connectivity index (χ0n) is 16.9. The summed E-state index contributed by atoms with van der Waals surface area (Å²) in [4.78, 5) is 19.0. The Kier molecular flexibility index (Phi) is 7.27. The number of carbonyl (C=O) groups excluding carboxylic acids is 1. The molecule has 0 saturated heterocycles. The molecule has 0 aliphatic carbocycles. The molecule has 0 saturated carbocycles. The number of amides is 1. The highest BCUT2D eigenvalue weighted by molar-refractivity contribution is 5.94. The number of aryl methyl sites for hydroxylation is 1. The van der Waals surface area contributed by atoms with Gasteiger partial charge in [0.15, 0.2) is 0 Å². The van der Waals surface area contributed by atoms with E-state index in [0.29, 0.717) is 36.3 Å². The largest absolute Gasteiger partial charge is 0.416 e. The number of fused-ring (bicyclic) bond motifs is 1. The van der Waals surface area contributed by atoms with Crippen LogP contribution in [0.1, 0.15) is 51.8 Å². The number of hydrogen-bond acceptors (Lipinski definition) is 3. The second-order valence-corrected chi connectivity index (χ2v) is 6.94. The van der Waals surface area contributed by atoms with Crippen molar-refractivity contribution in [2.75, 3.05) is 18.4 Å². The highest BCUT2D eigenvalue weighted by Gasteiger charge is 2.31. The minimum absolute atomic E-state index is 0.0152. The molecule has 1 atom stereocenters. The number of anilines is 1. The molecule has 7 heteroatoms. The van der Waals surface area contributed by atoms with E-state index in [1.54, 1.807) is 6.92 Å². The molecule has 1 amide bonds. The number of halogens is 3. The smallest absolute Gasteiger partial charge is 0.373 e. The zero-order chi connectivity index (χ0) is 20.9. The van der Waals surface area contributed by atoms with E-state index >= 15 is 0 Å². The fourth-order valence-electron chi connectivity index (χ4n) is 3.20. The maximum Gasteiger partial charge on any atom is 0.416 e. The zero-order valence-corrected chi connectivity index (χ0v) is 16.9. The van der Waals surface area contributed by atoms with Gasteiger partial charge in [0.05, 0.1) is 11.1 Å². The van der Waals surface area contributed by atoms with Crippen LogP contribution in [0, 0.1) is 0 Å². The van der Waals surface area contributed by atoms with Crippen molar-refractivity contribution in [3.8, 4) is 0 Å². The van der Waals surface area contributed by atoms with E-state index in [1.165, 1.54) is 6.07 Å². The van der Waals surface area contributed by atoms with Gasteiger partial charge in [-0.3, -0.25) is 9.78 Å². The van der Waals surface area contributed by atoms with Crippen molar-refractivity contribution in [2.24, 2.45) is 0 Å². The fourth-order valence-corrected chi connectivity index (χ4v) is 3.20. The molecular formula is C21H28F3N3O. The standard InChI is InChI=1S/C21H28F3N3O/c1-5-10-27(11-6-2)20(28)14(4)25-19-13-16(7-3)26-18-12-15(21(22,23)24)8-9-17(18)19/h8-9,12-14H,5-7,10-11H2,1-4H3,(H,25,26). The van der Waals surface area contributed by atoms with Gasteiger partial charge in [-0.15, -0.1) is 0 Å². The molecule has 1 aromatic heterocycles. The van der Waals surface area contributed by atoms with Crippen LogP contribution >= 0.6 is 0 Å². The topological polar surface area (TPSA) is 45.2 Å². The summed E-state index contributed by atoms with van der Waals surface area (Å²) in [6.45, 7) is 9.09. The van der Waals surface area contributed by atoms with Crippen molar-refractivity contribution in [3.05, 3.63) is 35.5 Å². The summed E-state index contributed by atoms with van der Waals surface area (Å²) in [6, 6.07) is 4.85. The van der Waals surface area contributed by atoms with Crippen LogP contribution in [0.3, 0.4) is 0 Å². The molecule has 154 valence electrons. The molecule has 0 aliphatic heterocycles. The molecule has 1 heterocycles. The van der Waals surface area contributed by atoms with Crippen LogP contribution in [0.5, 0.6) is 0 Å². The molecule has 4 nitrogen and oxygen atoms in total. The number of alkyl halides is 3. The Balaban J connectivity index is 2.38. The third-order valence-electron chi connectivity index (χ3n) is 4.59. The summed E-state index contributed by atoms with van der Waals surface area (Å²) in [5.74, 6) is -0.0152. The van der Waals surface area contributed by atoms with Crippen LogP contribution < -0.4 is 5.32 Å². The van der Waals surface area contributed by atoms with Gasteiger partial charge in [0.2, 0.25) is 5.91 Å². The van der Waals surface area contributed by atoms with E-state index in [-0.39, 0.29) is 11.4 Å². The van der Waals surface area contributed by atoms with Gasteiger partial charge in [-0.25, -0.2) is 0 Å². The monoisotopic (exact) mass is 395 g/mol. The molecule has 1 unspecified atom stereocenters. The van der Waals surface area contributed by atoms with E-state index < -0.39 is 17.8 Å². The first-order valence-corrected chi connectivity index (χ1v) is 9.77. The summed E-state index contributed by atoms with van der Waals surface area (Å²) in [6.07, 6.45) is -2.09. The van der Waals surface area contributed by atoms with Gasteiger partial charge in [0, 0.05) is 29.9 Å². The van der Waals surface area contributed by atoms with E-state index in [9.17, 15) is 18.0 Å². The Labute approximate surface area is 164 Å². The quantitative estimate of drug-likeness (QED) is 0.663. The van der Waals surface area contributed by atoms with Crippen LogP contribution in [0.2, 0.25) is 0 Å². The van der Waals surface area contributed by atoms with E-state index in [4.69, 9.17) is 0 Å². The van der Waals surface area contributed by atoms with Gasteiger partial charge in [-0.05, 0) is 44.4 Å². The second kappa shape index (κ2) is 9.26. The fraction of sp³-hybridized carbons (Fsp3) is 0.524. The van der Waals surface area contributed by atoms with Gasteiger partial charge in [-0.2, -0.15) is 13.2 Å². The number of nitrogens with one attached hydrogen (secondary N) is 1. The summed E-state index contributed by atoms with van der Waals surface area (Å²) in [7, 11) is 0. The molecular weight excluding hydrogens is 367 g/mol. The Morgan fingerprint density at radius 3 is 2.32 bits per heavy atom. The van der Waals surface area contributed by atoms with Crippen LogP contribution in [0.4, 0.5) is 18.9 Å². The Bertz CT molecular complexity index is 814. The molecule has 28 heavy (non-hydrogen) atoms. The molecule has 2 aromatic rings. The molecule has 2 rings (SSSR count). The van der Waals surface area contributed by atoms with Crippen LogP contribution in [-0.4, -0.2) is 34.9 Å². The summed E-state index contributed by atoms with van der Waals surface area (Å²) in [5, 5.41) is 3.77. The third kappa shape index (κ3) is 5.14. The molecule has 0 aliphatic rings. The Hall–Kier alpha value is -2.31. The first-order valence-electron chi connectivity index (χ1n) is 9.77. The molecule has 0 radical (unpaired) electrons. The first-order chi connectivity index (χ1) is 13.2. The Morgan fingerprint density at radius 1 is 1.14 bits per heavy atom. The van der Waals surface area contributed by atoms with Crippen molar-refractivity contribution >= 4 is 22.5 Å². The van der Waals surface area contributed by atoms with E-state index in [1.807, 2.05) is 31.7 Å². The highest BCUT2D eigenvalue weighted by atomic mass is 19.4. The van der Waals surface area contributed by atoms with Gasteiger partial charge in [0.25, 0.3) is 0 Å². The summed E-state index contributed by atoms with van der Waals surface area (Å²) >= 11 is 0. The van der Waals surface area contributed by atoms with Crippen molar-refractivity contribution in [1.82, 2.24) is 9.88 Å². The minimum Gasteiger partial charge on any atom is -0.373 e. The van der Waals surface area contributed by atoms with Crippen LogP contribution in [0.15, 0.2) is 24.3 Å². The van der Waals surface area contributed by atoms with Gasteiger partial charge in [-0.1, -0.05) is 26.8 Å². The number of carbonyl (C=O) groups is 1. The minimum atomic E-state index is -4.42. The maximum atomic E-state index is 13.1. The predicted molar refractivity (Wildman–Crippen MR) is 106 cm³/mol. The van der Waals surface area contributed by atoms with Crippen molar-refractivity contribution in [1.29, 1.82) is 0 Å². The number of hydrogen-bond donors (Lipinski definition) is 1. The molecule has 0 bridgehead atoms. The van der Waals surface area contributed by atoms with Crippen LogP contribution in [-0.2, 0) is 17.4 Å². The van der Waals surface area contributed by atoms with Crippen LogP contribution in [0.25, 0.3) is 10.9 Å². The lowest BCUT2D eigenvalue weighted by Crippen LogP contribution is -2.42. The lowest BCUT2D eigenvalue weighted by atomic mass is 10.1. The average Bonchev–Trinajstić information content (AvgIpc) is 2.65. The van der Waals surface area contributed by atoms with Crippen molar-refractivity contribution < 1.29 is 18.0 Å². The number of benzene rings is 1. The Morgan fingerprint density at radius 2 is 1.79 bits per heavy atom. The number of aromatic nitrogens is 1. The first kappa shape index (κ1) is 22.0. The SMILES string of the molecule is CCCN(CCC)C(=O)C(C)Nc1cc(CC)nc2cc(C(F)(F)F)ccc12. The third-order valence-corrected chi connectivity index (χ3v) is 4.59. The number of nitrogens with zero attached hydrogens (tertiary/aromatic N) is 2. The lowest BCUT2D eigenvalue weighted by Gasteiger charge is -2.26. The van der Waals surface area contributed by atoms with Crippen molar-refractivity contribution in [2.45, 2.75) is 59.2 Å². The maximum absolute atomic E-state index is 13.1. The molecule has 1 aromatic carbocycles. The van der Waals surface area contributed by atoms with Gasteiger partial charge in [0.1, 0.15) is 6.04 Å². The van der Waals surface area contributed by atoms with E-state index in [0.717, 1.165) is 25.0 Å². The lowest BCUT2D eigenvalue weighted by molar-refractivity contribution is -0.137. The molecule has 0 spiro atoms. The number of rotatable bonds is 8. The number of pyridine rings is 1. The van der Waals surface area contributed by atoms with E-state index in [2.05, 4.69) is 10.3 Å². The summed E-state index contributed by atoms with van der Waals surface area (Å²) < 4.78 is 39.2. The summed E-state index contributed by atoms with van der Waals surface area (Å²) in [5.41, 5.74) is 0.848. The predicted octanol–water partition coefficient (Wildman–Crippen LogP) is 5.27. The normalized spacial score (nSPS) is 12.8. The van der Waals surface area contributed by atoms with Gasteiger partial charge >= 0.3 is 6.18 Å². The van der Waals surface area contributed by atoms with Crippen molar-refractivity contribution in [3.63, 3.8) is 0 Å². The highest BCUT2D eigenvalue weighted by Crippen LogP contribution is 2.33. The molecule has 1 N–H and O–H groups in total. The molecule has 0 fully saturated rings. The average molecular weight is 395 g/mol. The van der Waals surface area contributed by atoms with Gasteiger partial charge < -0.3 is 10.2 Å².